The molecule has 0 aromatic rings. The van der Waals surface area contributed by atoms with Crippen LogP contribution < -0.4 is 5.48 Å². The van der Waals surface area contributed by atoms with Gasteiger partial charge >= 0.3 is 0 Å². The van der Waals surface area contributed by atoms with Gasteiger partial charge in [0.1, 0.15) is 0 Å². The summed E-state index contributed by atoms with van der Waals surface area (Å²) >= 11 is 0. The van der Waals surface area contributed by atoms with Gasteiger partial charge < -0.3 is 0 Å². The van der Waals surface area contributed by atoms with E-state index in [-0.39, 0.29) is 12.3 Å². The summed E-state index contributed by atoms with van der Waals surface area (Å²) in [4.78, 5) is 15.5. The predicted molar refractivity (Wildman–Crippen MR) is 42.4 cm³/mol. The maximum Gasteiger partial charge on any atom is 0.255 e. The number of rotatable bonds is 4. The van der Waals surface area contributed by atoms with Crippen molar-refractivity contribution in [2.45, 2.75) is 20.3 Å². The van der Waals surface area contributed by atoms with Crippen molar-refractivity contribution in [1.29, 1.82) is 0 Å². The Morgan fingerprint density at radius 3 is 2.82 bits per heavy atom. The highest BCUT2D eigenvalue weighted by atomic mass is 16.6. The SMILES string of the molecule is C#CCC(=O)NOCC(C)C. The molecule has 0 aromatic heterocycles. The van der Waals surface area contributed by atoms with Crippen LogP contribution in [0.25, 0.3) is 0 Å². The summed E-state index contributed by atoms with van der Waals surface area (Å²) in [5.41, 5.74) is 2.23. The third-order valence-corrected chi connectivity index (χ3v) is 0.865. The molecule has 0 spiro atoms. The van der Waals surface area contributed by atoms with Gasteiger partial charge in [-0.2, -0.15) is 0 Å². The van der Waals surface area contributed by atoms with Crippen molar-refractivity contribution in [2.75, 3.05) is 6.61 Å². The second-order valence-electron chi connectivity index (χ2n) is 2.61. The van der Waals surface area contributed by atoms with Gasteiger partial charge in [-0.3, -0.25) is 9.63 Å². The van der Waals surface area contributed by atoms with E-state index in [1.807, 2.05) is 13.8 Å². The van der Waals surface area contributed by atoms with Crippen LogP contribution >= 0.6 is 0 Å². The van der Waals surface area contributed by atoms with E-state index in [1.165, 1.54) is 0 Å². The van der Waals surface area contributed by atoms with Gasteiger partial charge in [-0.05, 0) is 5.92 Å². The zero-order valence-electron chi connectivity index (χ0n) is 6.89. The van der Waals surface area contributed by atoms with E-state index in [2.05, 4.69) is 11.4 Å². The maximum absolute atomic E-state index is 10.6. The number of terminal acetylenes is 1. The minimum atomic E-state index is -0.270. The minimum Gasteiger partial charge on any atom is -0.273 e. The van der Waals surface area contributed by atoms with Crippen molar-refractivity contribution in [3.63, 3.8) is 0 Å². The van der Waals surface area contributed by atoms with Gasteiger partial charge in [-0.15, -0.1) is 6.42 Å². The molecule has 0 rings (SSSR count). The van der Waals surface area contributed by atoms with Crippen molar-refractivity contribution in [2.24, 2.45) is 5.92 Å². The Hall–Kier alpha value is -1.01. The van der Waals surface area contributed by atoms with E-state index in [0.717, 1.165) is 0 Å². The molecule has 3 heteroatoms. The summed E-state index contributed by atoms with van der Waals surface area (Å²) in [6.07, 6.45) is 4.96. The van der Waals surface area contributed by atoms with Crippen molar-refractivity contribution >= 4 is 5.91 Å². The molecule has 1 amide bonds. The molecule has 62 valence electrons. The fourth-order valence-corrected chi connectivity index (χ4v) is 0.418. The number of hydrogen-bond donors (Lipinski definition) is 1. The van der Waals surface area contributed by atoms with Gasteiger partial charge in [0, 0.05) is 0 Å². The van der Waals surface area contributed by atoms with Gasteiger partial charge in [-0.1, -0.05) is 19.8 Å². The molecule has 0 saturated heterocycles. The van der Waals surface area contributed by atoms with Crippen molar-refractivity contribution in [3.05, 3.63) is 0 Å². The molecule has 0 atom stereocenters. The molecule has 0 aliphatic heterocycles. The Bertz CT molecular complexity index is 158. The smallest absolute Gasteiger partial charge is 0.255 e. The quantitative estimate of drug-likeness (QED) is 0.479. The molecular formula is C8H13NO2. The van der Waals surface area contributed by atoms with Gasteiger partial charge in [0.25, 0.3) is 5.91 Å². The van der Waals surface area contributed by atoms with Gasteiger partial charge in [0.05, 0.1) is 13.0 Å². The number of amides is 1. The second kappa shape index (κ2) is 5.75. The molecule has 0 heterocycles. The number of carbonyl (C=O) groups is 1. The van der Waals surface area contributed by atoms with Crippen LogP contribution in [-0.4, -0.2) is 12.5 Å². The third-order valence-electron chi connectivity index (χ3n) is 0.865. The lowest BCUT2D eigenvalue weighted by molar-refractivity contribution is -0.133. The topological polar surface area (TPSA) is 38.3 Å². The Morgan fingerprint density at radius 1 is 1.73 bits per heavy atom. The Morgan fingerprint density at radius 2 is 2.36 bits per heavy atom. The molecule has 0 saturated carbocycles. The van der Waals surface area contributed by atoms with Crippen LogP contribution in [0.15, 0.2) is 0 Å². The monoisotopic (exact) mass is 155 g/mol. The average molecular weight is 155 g/mol. The Labute approximate surface area is 67.1 Å². The lowest BCUT2D eigenvalue weighted by atomic mass is 10.2. The molecular weight excluding hydrogens is 142 g/mol. The molecule has 0 fully saturated rings. The summed E-state index contributed by atoms with van der Waals surface area (Å²) < 4.78 is 0. The number of carbonyl (C=O) groups excluding carboxylic acids is 1. The first kappa shape index (κ1) is 9.99. The lowest BCUT2D eigenvalue weighted by Gasteiger charge is -2.05. The predicted octanol–water partition coefficient (Wildman–Crippen LogP) is 0.714. The minimum absolute atomic E-state index is 0.0676. The molecule has 0 aliphatic rings. The molecule has 0 unspecified atom stereocenters. The number of hydroxylamine groups is 1. The molecule has 0 radical (unpaired) electrons. The average Bonchev–Trinajstić information content (AvgIpc) is 1.87. The van der Waals surface area contributed by atoms with E-state index in [0.29, 0.717) is 12.5 Å². The molecule has 1 N–H and O–H groups in total. The van der Waals surface area contributed by atoms with E-state index in [9.17, 15) is 4.79 Å². The molecule has 11 heavy (non-hydrogen) atoms. The van der Waals surface area contributed by atoms with Crippen LogP contribution in [0.4, 0.5) is 0 Å². The molecule has 0 bridgehead atoms. The van der Waals surface area contributed by atoms with E-state index in [1.54, 1.807) is 0 Å². The van der Waals surface area contributed by atoms with E-state index in [4.69, 9.17) is 11.3 Å². The summed E-state index contributed by atoms with van der Waals surface area (Å²) in [5.74, 6) is 2.35. The Kier molecular flexibility index (Phi) is 5.22. The highest BCUT2D eigenvalue weighted by Gasteiger charge is 1.98. The Balaban J connectivity index is 3.26. The van der Waals surface area contributed by atoms with Crippen LogP contribution in [-0.2, 0) is 9.63 Å². The van der Waals surface area contributed by atoms with Gasteiger partial charge in [-0.25, -0.2) is 5.48 Å². The van der Waals surface area contributed by atoms with Crippen LogP contribution in [0.2, 0.25) is 0 Å². The zero-order chi connectivity index (χ0) is 8.69. The third kappa shape index (κ3) is 6.88. The number of nitrogens with one attached hydrogen (secondary N) is 1. The van der Waals surface area contributed by atoms with Crippen molar-refractivity contribution in [1.82, 2.24) is 5.48 Å². The zero-order valence-corrected chi connectivity index (χ0v) is 6.89. The van der Waals surface area contributed by atoms with Crippen LogP contribution in [0.1, 0.15) is 20.3 Å². The first-order chi connectivity index (χ1) is 5.16. The summed E-state index contributed by atoms with van der Waals surface area (Å²) in [6.45, 7) is 4.50. The van der Waals surface area contributed by atoms with Crippen LogP contribution in [0.5, 0.6) is 0 Å². The van der Waals surface area contributed by atoms with Gasteiger partial charge in [0.15, 0.2) is 0 Å². The summed E-state index contributed by atoms with van der Waals surface area (Å²) in [5, 5.41) is 0. The van der Waals surface area contributed by atoms with Crippen LogP contribution in [0, 0.1) is 18.3 Å². The first-order valence-electron chi connectivity index (χ1n) is 3.51. The fourth-order valence-electron chi connectivity index (χ4n) is 0.418. The lowest BCUT2D eigenvalue weighted by Crippen LogP contribution is -2.24. The normalized spacial score (nSPS) is 9.27. The van der Waals surface area contributed by atoms with Crippen molar-refractivity contribution < 1.29 is 9.63 Å². The highest BCUT2D eigenvalue weighted by Crippen LogP contribution is 1.89. The van der Waals surface area contributed by atoms with Crippen LogP contribution in [0.3, 0.4) is 0 Å². The van der Waals surface area contributed by atoms with Gasteiger partial charge in [0.2, 0.25) is 0 Å². The highest BCUT2D eigenvalue weighted by molar-refractivity contribution is 5.77. The largest absolute Gasteiger partial charge is 0.273 e. The van der Waals surface area contributed by atoms with E-state index < -0.39 is 0 Å². The van der Waals surface area contributed by atoms with E-state index >= 15 is 0 Å². The first-order valence-corrected chi connectivity index (χ1v) is 3.51. The fraction of sp³-hybridized carbons (Fsp3) is 0.625. The molecule has 0 aromatic carbocycles. The van der Waals surface area contributed by atoms with Crippen molar-refractivity contribution in [3.8, 4) is 12.3 Å². The maximum atomic E-state index is 10.6. The number of hydrogen-bond acceptors (Lipinski definition) is 2. The summed E-state index contributed by atoms with van der Waals surface area (Å²) in [7, 11) is 0. The molecule has 0 aliphatic carbocycles. The summed E-state index contributed by atoms with van der Waals surface area (Å²) in [6, 6.07) is 0. The standard InChI is InChI=1S/C8H13NO2/c1-4-5-8(10)9-11-6-7(2)3/h1,7H,5-6H2,2-3H3,(H,9,10). The molecule has 3 nitrogen and oxygen atoms in total. The second-order valence-corrected chi connectivity index (χ2v) is 2.61.